The van der Waals surface area contributed by atoms with E-state index in [4.69, 9.17) is 5.11 Å². The van der Waals surface area contributed by atoms with Crippen molar-refractivity contribution in [3.63, 3.8) is 0 Å². The molecule has 108 valence electrons. The summed E-state index contributed by atoms with van der Waals surface area (Å²) in [6.45, 7) is 3.42. The molecule has 1 heterocycles. The molecule has 6 nitrogen and oxygen atoms in total. The summed E-state index contributed by atoms with van der Waals surface area (Å²) < 4.78 is 27.2. The lowest BCUT2D eigenvalue weighted by atomic mass is 10.1. The maximum atomic E-state index is 12.4. The number of rotatable bonds is 5. The Morgan fingerprint density at radius 1 is 1.35 bits per heavy atom. The first-order chi connectivity index (χ1) is 9.46. The van der Waals surface area contributed by atoms with E-state index in [0.29, 0.717) is 22.6 Å². The zero-order chi connectivity index (χ0) is 14.8. The van der Waals surface area contributed by atoms with Crippen molar-refractivity contribution >= 4 is 26.5 Å². The summed E-state index contributed by atoms with van der Waals surface area (Å²) in [5.74, 6) is 0. The fraction of sp³-hybridized carbons (Fsp3) is 0.333. The summed E-state index contributed by atoms with van der Waals surface area (Å²) in [5, 5.41) is 17.6. The van der Waals surface area contributed by atoms with Crippen LogP contribution in [0.4, 0.5) is 5.13 Å². The van der Waals surface area contributed by atoms with Gasteiger partial charge >= 0.3 is 0 Å². The van der Waals surface area contributed by atoms with Gasteiger partial charge in [0.25, 0.3) is 10.0 Å². The van der Waals surface area contributed by atoms with Crippen molar-refractivity contribution < 1.29 is 13.5 Å². The molecule has 0 fully saturated rings. The van der Waals surface area contributed by atoms with E-state index in [9.17, 15) is 8.42 Å². The molecule has 0 spiro atoms. The van der Waals surface area contributed by atoms with Gasteiger partial charge in [-0.3, -0.25) is 4.72 Å². The molecule has 1 aromatic heterocycles. The van der Waals surface area contributed by atoms with Crippen LogP contribution in [0.5, 0.6) is 0 Å². The molecule has 2 rings (SSSR count). The minimum absolute atomic E-state index is 0.166. The maximum absolute atomic E-state index is 12.4. The summed E-state index contributed by atoms with van der Waals surface area (Å²) >= 11 is 1.17. The van der Waals surface area contributed by atoms with E-state index in [2.05, 4.69) is 14.9 Å². The second-order valence-electron chi connectivity index (χ2n) is 4.19. The van der Waals surface area contributed by atoms with E-state index in [1.165, 1.54) is 17.4 Å². The van der Waals surface area contributed by atoms with Gasteiger partial charge in [-0.2, -0.15) is 0 Å². The summed E-state index contributed by atoms with van der Waals surface area (Å²) in [4.78, 5) is 0.166. The van der Waals surface area contributed by atoms with Crippen LogP contribution in [-0.4, -0.2) is 23.7 Å². The second-order valence-corrected chi connectivity index (χ2v) is 7.02. The van der Waals surface area contributed by atoms with Crippen LogP contribution < -0.4 is 4.72 Å². The molecule has 0 saturated heterocycles. The first kappa shape index (κ1) is 14.9. The molecule has 1 aromatic carbocycles. The van der Waals surface area contributed by atoms with Crippen LogP contribution in [-0.2, 0) is 23.1 Å². The molecule has 0 amide bonds. The quantitative estimate of drug-likeness (QED) is 0.876. The van der Waals surface area contributed by atoms with Crippen molar-refractivity contribution in [1.29, 1.82) is 0 Å². The number of hydrogen-bond donors (Lipinski definition) is 2. The monoisotopic (exact) mass is 313 g/mol. The van der Waals surface area contributed by atoms with E-state index in [1.54, 1.807) is 19.1 Å². The van der Waals surface area contributed by atoms with Crippen molar-refractivity contribution in [3.8, 4) is 0 Å². The average Bonchev–Trinajstić information content (AvgIpc) is 2.82. The van der Waals surface area contributed by atoms with E-state index in [-0.39, 0.29) is 16.6 Å². The van der Waals surface area contributed by atoms with Crippen molar-refractivity contribution in [2.45, 2.75) is 31.8 Å². The van der Waals surface area contributed by atoms with E-state index >= 15 is 0 Å². The number of nitrogens with one attached hydrogen (secondary N) is 1. The molecule has 0 atom stereocenters. The summed E-state index contributed by atoms with van der Waals surface area (Å²) in [5.41, 5.74) is 1.24. The smallest absolute Gasteiger partial charge is 0.263 e. The highest BCUT2D eigenvalue weighted by Gasteiger charge is 2.20. The number of aryl methyl sites for hydroxylation is 2. The predicted octanol–water partition coefficient (Wildman–Crippen LogP) is 1.70. The molecular weight excluding hydrogens is 298 g/mol. The van der Waals surface area contributed by atoms with Crippen LogP contribution in [0.25, 0.3) is 0 Å². The first-order valence-electron chi connectivity index (χ1n) is 6.02. The van der Waals surface area contributed by atoms with Crippen molar-refractivity contribution in [3.05, 3.63) is 34.3 Å². The van der Waals surface area contributed by atoms with Gasteiger partial charge in [0.15, 0.2) is 0 Å². The minimum atomic E-state index is -3.73. The number of aliphatic hydroxyl groups is 1. The van der Waals surface area contributed by atoms with Crippen LogP contribution >= 0.6 is 11.3 Å². The van der Waals surface area contributed by atoms with Gasteiger partial charge in [-0.25, -0.2) is 8.42 Å². The fourth-order valence-corrected chi connectivity index (χ4v) is 3.93. The molecule has 2 N–H and O–H groups in total. The number of nitrogens with zero attached hydrogens (tertiary/aromatic N) is 2. The third kappa shape index (κ3) is 3.14. The maximum Gasteiger partial charge on any atom is 0.263 e. The number of aliphatic hydroxyl groups excluding tert-OH is 1. The Kier molecular flexibility index (Phi) is 4.36. The SMILES string of the molecule is CCc1ccc(CO)cc1S(=O)(=O)Nc1nnc(C)s1. The molecule has 0 aliphatic heterocycles. The highest BCUT2D eigenvalue weighted by atomic mass is 32.2. The lowest BCUT2D eigenvalue weighted by Gasteiger charge is -2.10. The van der Waals surface area contributed by atoms with Crippen LogP contribution in [0.3, 0.4) is 0 Å². The Bertz CT molecular complexity index is 710. The molecular formula is C12H15N3O3S2. The summed E-state index contributed by atoms with van der Waals surface area (Å²) in [6.07, 6.45) is 0.580. The van der Waals surface area contributed by atoms with E-state index in [1.807, 2.05) is 6.92 Å². The van der Waals surface area contributed by atoms with Crippen molar-refractivity contribution in [2.24, 2.45) is 0 Å². The zero-order valence-electron chi connectivity index (χ0n) is 11.1. The fourth-order valence-electron chi connectivity index (χ4n) is 1.75. The Morgan fingerprint density at radius 2 is 2.10 bits per heavy atom. The number of anilines is 1. The van der Waals surface area contributed by atoms with Crippen molar-refractivity contribution in [1.82, 2.24) is 10.2 Å². The minimum Gasteiger partial charge on any atom is -0.392 e. The normalized spacial score (nSPS) is 11.6. The van der Waals surface area contributed by atoms with Gasteiger partial charge in [0.05, 0.1) is 11.5 Å². The zero-order valence-corrected chi connectivity index (χ0v) is 12.8. The van der Waals surface area contributed by atoms with Gasteiger partial charge in [-0.05, 0) is 30.5 Å². The molecule has 2 aromatic rings. The lowest BCUT2D eigenvalue weighted by Crippen LogP contribution is -2.15. The third-order valence-corrected chi connectivity index (χ3v) is 5.04. The lowest BCUT2D eigenvalue weighted by molar-refractivity contribution is 0.281. The van der Waals surface area contributed by atoms with E-state index < -0.39 is 10.0 Å². The molecule has 0 aliphatic carbocycles. The van der Waals surface area contributed by atoms with Gasteiger partial charge in [-0.1, -0.05) is 30.4 Å². The number of sulfonamides is 1. The Hall–Kier alpha value is -1.51. The Labute approximate surface area is 121 Å². The molecule has 0 radical (unpaired) electrons. The highest BCUT2D eigenvalue weighted by molar-refractivity contribution is 7.93. The van der Waals surface area contributed by atoms with E-state index in [0.717, 1.165) is 0 Å². The average molecular weight is 313 g/mol. The molecule has 20 heavy (non-hydrogen) atoms. The topological polar surface area (TPSA) is 92.2 Å². The third-order valence-electron chi connectivity index (χ3n) is 2.73. The molecule has 0 unspecified atom stereocenters. The largest absolute Gasteiger partial charge is 0.392 e. The van der Waals surface area contributed by atoms with Crippen LogP contribution in [0.2, 0.25) is 0 Å². The molecule has 8 heteroatoms. The van der Waals surface area contributed by atoms with Crippen LogP contribution in [0.1, 0.15) is 23.1 Å². The molecule has 0 saturated carbocycles. The van der Waals surface area contributed by atoms with Gasteiger partial charge in [0.1, 0.15) is 5.01 Å². The second kappa shape index (κ2) is 5.86. The Morgan fingerprint density at radius 3 is 2.65 bits per heavy atom. The highest BCUT2D eigenvalue weighted by Crippen LogP contribution is 2.23. The van der Waals surface area contributed by atoms with Crippen LogP contribution in [0, 0.1) is 6.92 Å². The summed E-state index contributed by atoms with van der Waals surface area (Å²) in [7, 11) is -3.73. The van der Waals surface area contributed by atoms with Gasteiger partial charge in [-0.15, -0.1) is 10.2 Å². The van der Waals surface area contributed by atoms with Gasteiger partial charge < -0.3 is 5.11 Å². The summed E-state index contributed by atoms with van der Waals surface area (Å²) in [6, 6.07) is 4.91. The first-order valence-corrected chi connectivity index (χ1v) is 8.32. The Balaban J connectivity index is 2.42. The van der Waals surface area contributed by atoms with Gasteiger partial charge in [0, 0.05) is 0 Å². The van der Waals surface area contributed by atoms with Crippen LogP contribution in [0.15, 0.2) is 23.1 Å². The number of benzene rings is 1. The van der Waals surface area contributed by atoms with Gasteiger partial charge in [0.2, 0.25) is 5.13 Å². The molecule has 0 bridgehead atoms. The van der Waals surface area contributed by atoms with Crippen molar-refractivity contribution in [2.75, 3.05) is 4.72 Å². The predicted molar refractivity (Wildman–Crippen MR) is 77.2 cm³/mol. The number of hydrogen-bond acceptors (Lipinski definition) is 6. The number of aromatic nitrogens is 2. The standard InChI is InChI=1S/C12H15N3O3S2/c1-3-10-5-4-9(7-16)6-11(10)20(17,18)15-12-14-13-8(2)19-12/h4-6,16H,3,7H2,1-2H3,(H,14,15). The molecule has 0 aliphatic rings.